The van der Waals surface area contributed by atoms with Crippen molar-refractivity contribution >= 4 is 12.5 Å². The molecule has 2 saturated heterocycles. The summed E-state index contributed by atoms with van der Waals surface area (Å²) in [5.41, 5.74) is -0.460. The number of hydrogen-bond acceptors (Lipinski definition) is 3. The summed E-state index contributed by atoms with van der Waals surface area (Å²) in [6.45, 7) is 6.79. The van der Waals surface area contributed by atoms with E-state index in [-0.39, 0.29) is 18.2 Å². The molecule has 2 rings (SSSR count). The van der Waals surface area contributed by atoms with Crippen LogP contribution in [0.2, 0.25) is 0 Å². The van der Waals surface area contributed by atoms with Crippen LogP contribution >= 0.6 is 0 Å². The van der Waals surface area contributed by atoms with Crippen LogP contribution in [0.15, 0.2) is 0 Å². The first-order valence-corrected chi connectivity index (χ1v) is 6.11. The number of likely N-dealkylation sites (tertiary alicyclic amines) is 1. The molecule has 2 amide bonds. The van der Waals surface area contributed by atoms with Gasteiger partial charge in [-0.3, -0.25) is 4.79 Å². The Morgan fingerprint density at radius 1 is 1.24 bits per heavy atom. The van der Waals surface area contributed by atoms with E-state index in [1.807, 2.05) is 25.7 Å². The third kappa shape index (κ3) is 2.53. The second kappa shape index (κ2) is 4.20. The fourth-order valence-electron chi connectivity index (χ4n) is 2.58. The van der Waals surface area contributed by atoms with Gasteiger partial charge in [-0.05, 0) is 33.6 Å². The second-order valence-corrected chi connectivity index (χ2v) is 5.82. The predicted octanol–water partition coefficient (Wildman–Crippen LogP) is 1.23. The van der Waals surface area contributed by atoms with Crippen molar-refractivity contribution in [3.05, 3.63) is 0 Å². The molecule has 96 valence electrons. The monoisotopic (exact) mass is 240 g/mol. The van der Waals surface area contributed by atoms with Gasteiger partial charge in [-0.25, -0.2) is 4.79 Å². The van der Waals surface area contributed by atoms with Crippen molar-refractivity contribution in [3.8, 4) is 0 Å². The van der Waals surface area contributed by atoms with Crippen LogP contribution in [0.1, 0.15) is 33.6 Å². The van der Waals surface area contributed by atoms with Gasteiger partial charge in [0.2, 0.25) is 6.41 Å². The molecule has 2 unspecified atom stereocenters. The van der Waals surface area contributed by atoms with Gasteiger partial charge in [-0.1, -0.05) is 0 Å². The molecule has 0 aromatic heterocycles. The molecule has 2 heterocycles. The van der Waals surface area contributed by atoms with Crippen LogP contribution in [0, 0.1) is 0 Å². The van der Waals surface area contributed by atoms with E-state index in [9.17, 15) is 9.59 Å². The van der Waals surface area contributed by atoms with Crippen molar-refractivity contribution in [2.45, 2.75) is 51.3 Å². The largest absolute Gasteiger partial charge is 0.444 e. The normalized spacial score (nSPS) is 28.2. The lowest BCUT2D eigenvalue weighted by Crippen LogP contribution is -2.55. The molecule has 5 heteroatoms. The van der Waals surface area contributed by atoms with Crippen molar-refractivity contribution in [2.75, 3.05) is 13.1 Å². The zero-order chi connectivity index (χ0) is 12.6. The molecule has 17 heavy (non-hydrogen) atoms. The molecule has 0 aromatic rings. The number of fused-ring (bicyclic) bond motifs is 2. The van der Waals surface area contributed by atoms with Gasteiger partial charge < -0.3 is 14.5 Å². The molecular weight excluding hydrogens is 220 g/mol. The Balaban J connectivity index is 1.98. The minimum atomic E-state index is -0.460. The van der Waals surface area contributed by atoms with Crippen LogP contribution in [-0.2, 0) is 9.53 Å². The number of hydrogen-bond donors (Lipinski definition) is 0. The molecule has 0 spiro atoms. The maximum absolute atomic E-state index is 11.9. The predicted molar refractivity (Wildman–Crippen MR) is 62.5 cm³/mol. The Hall–Kier alpha value is -1.26. The second-order valence-electron chi connectivity index (χ2n) is 5.82. The lowest BCUT2D eigenvalue weighted by molar-refractivity contribution is -0.123. The first-order chi connectivity index (χ1) is 7.90. The van der Waals surface area contributed by atoms with Crippen LogP contribution < -0.4 is 0 Å². The van der Waals surface area contributed by atoms with E-state index in [0.717, 1.165) is 19.3 Å². The van der Waals surface area contributed by atoms with Crippen LogP contribution in [0.5, 0.6) is 0 Å². The van der Waals surface area contributed by atoms with E-state index in [1.165, 1.54) is 0 Å². The molecule has 0 saturated carbocycles. The van der Waals surface area contributed by atoms with E-state index in [0.29, 0.717) is 13.1 Å². The Morgan fingerprint density at radius 2 is 1.76 bits per heavy atom. The summed E-state index contributed by atoms with van der Waals surface area (Å²) >= 11 is 0. The highest BCUT2D eigenvalue weighted by molar-refractivity contribution is 5.69. The summed E-state index contributed by atoms with van der Waals surface area (Å²) < 4.78 is 5.35. The minimum absolute atomic E-state index is 0.179. The van der Waals surface area contributed by atoms with Gasteiger partial charge in [0.05, 0.1) is 0 Å². The molecule has 2 atom stereocenters. The molecule has 5 nitrogen and oxygen atoms in total. The number of ether oxygens (including phenoxy) is 1. The Kier molecular flexibility index (Phi) is 3.02. The third-order valence-corrected chi connectivity index (χ3v) is 3.31. The average Bonchev–Trinajstić information content (AvgIpc) is 2.44. The smallest absolute Gasteiger partial charge is 0.410 e. The Bertz CT molecular complexity index is 310. The average molecular weight is 240 g/mol. The first kappa shape index (κ1) is 12.2. The fourth-order valence-corrected chi connectivity index (χ4v) is 2.58. The summed E-state index contributed by atoms with van der Waals surface area (Å²) in [5.74, 6) is 0. The number of amides is 2. The van der Waals surface area contributed by atoms with E-state index in [4.69, 9.17) is 4.74 Å². The number of nitrogens with zero attached hydrogens (tertiary/aromatic N) is 2. The van der Waals surface area contributed by atoms with Gasteiger partial charge in [0, 0.05) is 25.2 Å². The maximum atomic E-state index is 11.9. The quantitative estimate of drug-likeness (QED) is 0.648. The summed E-state index contributed by atoms with van der Waals surface area (Å²) in [7, 11) is 0. The molecule has 0 N–H and O–H groups in total. The molecule has 2 aliphatic rings. The van der Waals surface area contributed by atoms with Crippen LogP contribution in [0.25, 0.3) is 0 Å². The lowest BCUT2D eigenvalue weighted by atomic mass is 10.2. The Labute approximate surface area is 102 Å². The summed E-state index contributed by atoms with van der Waals surface area (Å²) in [5, 5.41) is 0. The minimum Gasteiger partial charge on any atom is -0.444 e. The van der Waals surface area contributed by atoms with Crippen LogP contribution in [-0.4, -0.2) is 53.1 Å². The van der Waals surface area contributed by atoms with Gasteiger partial charge >= 0.3 is 6.09 Å². The molecule has 0 aliphatic carbocycles. The lowest BCUT2D eigenvalue weighted by Gasteiger charge is -2.39. The van der Waals surface area contributed by atoms with Crippen molar-refractivity contribution in [3.63, 3.8) is 0 Å². The fraction of sp³-hybridized carbons (Fsp3) is 0.833. The highest BCUT2D eigenvalue weighted by Crippen LogP contribution is 2.29. The molecule has 0 radical (unpaired) electrons. The molecule has 2 bridgehead atoms. The van der Waals surface area contributed by atoms with Gasteiger partial charge in [0.1, 0.15) is 5.60 Å². The van der Waals surface area contributed by atoms with Crippen LogP contribution in [0.3, 0.4) is 0 Å². The Morgan fingerprint density at radius 3 is 2.18 bits per heavy atom. The highest BCUT2D eigenvalue weighted by Gasteiger charge is 2.41. The number of carbonyl (C=O) groups excluding carboxylic acids is 2. The van der Waals surface area contributed by atoms with E-state index in [1.54, 1.807) is 4.90 Å². The zero-order valence-electron chi connectivity index (χ0n) is 10.7. The zero-order valence-corrected chi connectivity index (χ0v) is 10.7. The summed E-state index contributed by atoms with van der Waals surface area (Å²) in [4.78, 5) is 26.4. The van der Waals surface area contributed by atoms with Crippen molar-refractivity contribution < 1.29 is 14.3 Å². The topological polar surface area (TPSA) is 49.9 Å². The first-order valence-electron chi connectivity index (χ1n) is 6.11. The van der Waals surface area contributed by atoms with Gasteiger partial charge in [0.15, 0.2) is 0 Å². The van der Waals surface area contributed by atoms with Crippen molar-refractivity contribution in [1.29, 1.82) is 0 Å². The summed E-state index contributed by atoms with van der Waals surface area (Å²) in [6.07, 6.45) is 2.63. The SMILES string of the molecule is CC(C)(C)OC(=O)N1CC2CCC(C1)N2C=O. The number of carbonyl (C=O) groups is 2. The number of rotatable bonds is 1. The maximum Gasteiger partial charge on any atom is 0.410 e. The molecule has 0 aromatic carbocycles. The standard InChI is InChI=1S/C12H20N2O3/c1-12(2,3)17-11(16)13-6-9-4-5-10(7-13)14(9)8-15/h8-10H,4-7H2,1-3H3. The molecule has 2 aliphatic heterocycles. The molecular formula is C12H20N2O3. The van der Waals surface area contributed by atoms with Crippen molar-refractivity contribution in [2.24, 2.45) is 0 Å². The van der Waals surface area contributed by atoms with E-state index < -0.39 is 5.60 Å². The third-order valence-electron chi connectivity index (χ3n) is 3.31. The number of piperazine rings is 1. The molecule has 2 fully saturated rings. The van der Waals surface area contributed by atoms with Crippen LogP contribution in [0.4, 0.5) is 4.79 Å². The highest BCUT2D eigenvalue weighted by atomic mass is 16.6. The summed E-state index contributed by atoms with van der Waals surface area (Å²) in [6, 6.07) is 0.359. The van der Waals surface area contributed by atoms with Gasteiger partial charge in [0.25, 0.3) is 0 Å². The van der Waals surface area contributed by atoms with Gasteiger partial charge in [-0.2, -0.15) is 0 Å². The van der Waals surface area contributed by atoms with Gasteiger partial charge in [-0.15, -0.1) is 0 Å². The van der Waals surface area contributed by atoms with Crippen molar-refractivity contribution in [1.82, 2.24) is 9.80 Å². The van der Waals surface area contributed by atoms with E-state index in [2.05, 4.69) is 0 Å². The van der Waals surface area contributed by atoms with E-state index >= 15 is 0 Å².